The molecule has 204 valence electrons. The lowest BCUT2D eigenvalue weighted by Gasteiger charge is -2.30. The predicted molar refractivity (Wildman–Crippen MR) is 152 cm³/mol. The van der Waals surface area contributed by atoms with E-state index in [1.54, 1.807) is 7.11 Å². The first-order valence-corrected chi connectivity index (χ1v) is 14.0. The zero-order chi connectivity index (χ0) is 27.2. The fourth-order valence-corrected chi connectivity index (χ4v) is 6.81. The highest BCUT2D eigenvalue weighted by Gasteiger charge is 2.36. The summed E-state index contributed by atoms with van der Waals surface area (Å²) in [6, 6.07) is 6.13. The van der Waals surface area contributed by atoms with Crippen molar-refractivity contribution in [2.45, 2.75) is 70.7 Å². The van der Waals surface area contributed by atoms with Crippen LogP contribution in [0.2, 0.25) is 0 Å². The molecule has 5 rings (SSSR count). The van der Waals surface area contributed by atoms with E-state index in [4.69, 9.17) is 25.9 Å². The zero-order valence-electron chi connectivity index (χ0n) is 22.8. The van der Waals surface area contributed by atoms with Crippen molar-refractivity contribution in [3.8, 4) is 0 Å². The first-order chi connectivity index (χ1) is 18.0. The van der Waals surface area contributed by atoms with Gasteiger partial charge < -0.3 is 31.2 Å². The van der Waals surface area contributed by atoms with Gasteiger partial charge in [-0.05, 0) is 70.2 Å². The Morgan fingerprint density at radius 1 is 1.26 bits per heavy atom. The van der Waals surface area contributed by atoms with Crippen LogP contribution in [0.3, 0.4) is 0 Å². The standard InChI is InChI=1S/C28H38N6O3S/c1-15-10-16(2)31-27-23(15)24(30)25(38-27)26(35)32-18-7-8-20-17(11-18)6-9-22(33-20)34-12-19(29)21(13-34)37-28(3,4)14-36-5/h6,9-10,18-19,21H,7-8,11-14,29-30H2,1-5H3,(H,32,35). The Morgan fingerprint density at radius 2 is 2.05 bits per heavy atom. The number of nitrogens with two attached hydrogens (primary N) is 2. The van der Waals surface area contributed by atoms with Gasteiger partial charge in [0.1, 0.15) is 15.5 Å². The number of nitrogen functional groups attached to an aromatic ring is 1. The van der Waals surface area contributed by atoms with Gasteiger partial charge in [0.25, 0.3) is 5.91 Å². The van der Waals surface area contributed by atoms with Crippen LogP contribution in [-0.2, 0) is 22.3 Å². The maximum Gasteiger partial charge on any atom is 0.263 e. The number of nitrogens with one attached hydrogen (secondary N) is 1. The number of carbonyl (C=O) groups excluding carboxylic acids is 1. The fourth-order valence-electron chi connectivity index (χ4n) is 5.69. The summed E-state index contributed by atoms with van der Waals surface area (Å²) in [5.41, 5.74) is 17.2. The van der Waals surface area contributed by atoms with Gasteiger partial charge in [0.15, 0.2) is 0 Å². The van der Waals surface area contributed by atoms with Crippen LogP contribution in [0.15, 0.2) is 18.2 Å². The van der Waals surface area contributed by atoms with E-state index in [1.165, 1.54) is 16.9 Å². The smallest absolute Gasteiger partial charge is 0.263 e. The molecule has 1 saturated heterocycles. The first-order valence-electron chi connectivity index (χ1n) is 13.2. The summed E-state index contributed by atoms with van der Waals surface area (Å²) in [5, 5.41) is 4.09. The topological polar surface area (TPSA) is 129 Å². The van der Waals surface area contributed by atoms with Gasteiger partial charge in [0.05, 0.1) is 30.0 Å². The van der Waals surface area contributed by atoms with E-state index >= 15 is 0 Å². The molecule has 1 fully saturated rings. The molecule has 10 heteroatoms. The molecule has 0 aromatic carbocycles. The van der Waals surface area contributed by atoms with Gasteiger partial charge in [0, 0.05) is 43.0 Å². The Labute approximate surface area is 227 Å². The number of nitrogens with zero attached hydrogens (tertiary/aromatic N) is 3. The molecular weight excluding hydrogens is 500 g/mol. The molecule has 1 amide bonds. The van der Waals surface area contributed by atoms with E-state index in [9.17, 15) is 4.79 Å². The average molecular weight is 539 g/mol. The lowest BCUT2D eigenvalue weighted by Crippen LogP contribution is -2.43. The second-order valence-corrected chi connectivity index (χ2v) is 12.2. The molecule has 1 aliphatic carbocycles. The van der Waals surface area contributed by atoms with Crippen LogP contribution in [0.4, 0.5) is 11.5 Å². The monoisotopic (exact) mass is 538 g/mol. The van der Waals surface area contributed by atoms with E-state index in [1.807, 2.05) is 33.8 Å². The molecule has 3 aromatic rings. The number of anilines is 2. The van der Waals surface area contributed by atoms with Gasteiger partial charge in [0.2, 0.25) is 0 Å². The minimum absolute atomic E-state index is 0.0315. The van der Waals surface area contributed by atoms with Gasteiger partial charge >= 0.3 is 0 Å². The molecule has 3 atom stereocenters. The van der Waals surface area contributed by atoms with Crippen molar-refractivity contribution in [2.24, 2.45) is 5.73 Å². The Hall–Kier alpha value is -2.79. The highest BCUT2D eigenvalue weighted by molar-refractivity contribution is 7.21. The van der Waals surface area contributed by atoms with E-state index < -0.39 is 5.60 Å². The maximum absolute atomic E-state index is 13.2. The number of hydrogen-bond acceptors (Lipinski definition) is 9. The molecule has 3 unspecified atom stereocenters. The molecule has 3 aromatic heterocycles. The van der Waals surface area contributed by atoms with Gasteiger partial charge in [-0.1, -0.05) is 6.07 Å². The number of ether oxygens (including phenoxy) is 2. The summed E-state index contributed by atoms with van der Waals surface area (Å²) < 4.78 is 11.6. The third-order valence-electron chi connectivity index (χ3n) is 7.41. The van der Waals surface area contributed by atoms with Crippen LogP contribution in [-0.4, -0.2) is 66.5 Å². The summed E-state index contributed by atoms with van der Waals surface area (Å²) in [5.74, 6) is 0.794. The molecule has 4 heterocycles. The minimum atomic E-state index is -0.398. The maximum atomic E-state index is 13.2. The normalized spacial score (nSPS) is 21.6. The predicted octanol–water partition coefficient (Wildman–Crippen LogP) is 3.14. The number of fused-ring (bicyclic) bond motifs is 2. The molecule has 0 radical (unpaired) electrons. The second-order valence-electron chi connectivity index (χ2n) is 11.2. The van der Waals surface area contributed by atoms with Crippen LogP contribution in [0.5, 0.6) is 0 Å². The minimum Gasteiger partial charge on any atom is -0.397 e. The highest BCUT2D eigenvalue weighted by Crippen LogP contribution is 2.35. The molecule has 2 aliphatic rings. The van der Waals surface area contributed by atoms with Crippen molar-refractivity contribution in [1.82, 2.24) is 15.3 Å². The largest absolute Gasteiger partial charge is 0.397 e. The molecule has 9 nitrogen and oxygen atoms in total. The number of aryl methyl sites for hydroxylation is 3. The lowest BCUT2D eigenvalue weighted by atomic mass is 9.91. The van der Waals surface area contributed by atoms with Crippen LogP contribution in [0, 0.1) is 13.8 Å². The number of methoxy groups -OCH3 is 1. The van der Waals surface area contributed by atoms with Crippen molar-refractivity contribution in [2.75, 3.05) is 37.4 Å². The van der Waals surface area contributed by atoms with Crippen molar-refractivity contribution in [3.63, 3.8) is 0 Å². The third kappa shape index (κ3) is 5.36. The second kappa shape index (κ2) is 10.4. The number of aromatic nitrogens is 2. The third-order valence-corrected chi connectivity index (χ3v) is 8.51. The highest BCUT2D eigenvalue weighted by atomic mass is 32.1. The molecule has 5 N–H and O–H groups in total. The van der Waals surface area contributed by atoms with Gasteiger partial charge in [-0.2, -0.15) is 0 Å². The Bertz CT molecular complexity index is 1360. The Kier molecular flexibility index (Phi) is 7.34. The lowest BCUT2D eigenvalue weighted by molar-refractivity contribution is -0.102. The van der Waals surface area contributed by atoms with Gasteiger partial charge in [-0.3, -0.25) is 4.79 Å². The number of carbonyl (C=O) groups is 1. The number of hydrogen-bond donors (Lipinski definition) is 3. The van der Waals surface area contributed by atoms with Gasteiger partial charge in [-0.15, -0.1) is 11.3 Å². The fraction of sp³-hybridized carbons (Fsp3) is 0.536. The SMILES string of the molecule is COCC(C)(C)OC1CN(c2ccc3c(n2)CCC(NC(=O)c2sc4nc(C)cc(C)c4c2N)C3)CC1N. The molecule has 0 saturated carbocycles. The average Bonchev–Trinajstić information content (AvgIpc) is 3.37. The number of thiophene rings is 1. The van der Waals surface area contributed by atoms with E-state index in [0.29, 0.717) is 30.3 Å². The van der Waals surface area contributed by atoms with Crippen molar-refractivity contribution in [1.29, 1.82) is 0 Å². The summed E-state index contributed by atoms with van der Waals surface area (Å²) in [7, 11) is 1.68. The quantitative estimate of drug-likeness (QED) is 0.419. The summed E-state index contributed by atoms with van der Waals surface area (Å²) in [4.78, 5) is 26.3. The van der Waals surface area contributed by atoms with Crippen molar-refractivity contribution >= 4 is 39.0 Å². The summed E-state index contributed by atoms with van der Waals surface area (Å²) in [6.45, 7) is 9.90. The molecule has 1 aliphatic heterocycles. The van der Waals surface area contributed by atoms with Crippen LogP contribution in [0.25, 0.3) is 10.2 Å². The van der Waals surface area contributed by atoms with Crippen LogP contribution >= 0.6 is 11.3 Å². The summed E-state index contributed by atoms with van der Waals surface area (Å²) in [6.07, 6.45) is 2.29. The van der Waals surface area contributed by atoms with E-state index in [2.05, 4.69) is 27.3 Å². The number of rotatable bonds is 7. The molecule has 0 spiro atoms. The molecular formula is C28H38N6O3S. The number of pyridine rings is 2. The van der Waals surface area contributed by atoms with E-state index in [0.717, 1.165) is 52.2 Å². The summed E-state index contributed by atoms with van der Waals surface area (Å²) >= 11 is 1.36. The molecule has 38 heavy (non-hydrogen) atoms. The van der Waals surface area contributed by atoms with Gasteiger partial charge in [-0.25, -0.2) is 9.97 Å². The molecule has 0 bridgehead atoms. The van der Waals surface area contributed by atoms with Crippen molar-refractivity contribution in [3.05, 3.63) is 45.6 Å². The zero-order valence-corrected chi connectivity index (χ0v) is 23.7. The Balaban J connectivity index is 1.24. The van der Waals surface area contributed by atoms with E-state index in [-0.39, 0.29) is 24.1 Å². The van der Waals surface area contributed by atoms with Crippen molar-refractivity contribution < 1.29 is 14.3 Å². The van der Waals surface area contributed by atoms with Crippen LogP contribution < -0.4 is 21.7 Å². The number of amides is 1. The van der Waals surface area contributed by atoms with Crippen LogP contribution in [0.1, 0.15) is 52.5 Å². The Morgan fingerprint density at radius 3 is 2.82 bits per heavy atom. The first kappa shape index (κ1) is 26.8.